The van der Waals surface area contributed by atoms with Crippen molar-refractivity contribution < 1.29 is 9.18 Å². The quantitative estimate of drug-likeness (QED) is 0.733. The van der Waals surface area contributed by atoms with Crippen LogP contribution in [0.2, 0.25) is 0 Å². The average molecular weight is 383 g/mol. The maximum atomic E-state index is 13.7. The number of rotatable bonds is 5. The van der Waals surface area contributed by atoms with Gasteiger partial charge in [0.1, 0.15) is 17.9 Å². The summed E-state index contributed by atoms with van der Waals surface area (Å²) in [6, 6.07) is 4.47. The number of halogens is 1. The topological polar surface area (TPSA) is 81.8 Å². The highest BCUT2D eigenvalue weighted by molar-refractivity contribution is 5.81. The fraction of sp³-hybridized carbons (Fsp3) is 0.400. The number of carbonyl (C=O) groups is 1. The van der Waals surface area contributed by atoms with Crippen molar-refractivity contribution in [3.8, 4) is 0 Å². The van der Waals surface area contributed by atoms with Crippen LogP contribution in [0, 0.1) is 12.7 Å². The predicted molar refractivity (Wildman–Crippen MR) is 102 cm³/mol. The fourth-order valence-electron chi connectivity index (χ4n) is 3.40. The second kappa shape index (κ2) is 6.85. The standard InChI is InChI=1S/C20H22FN5O2/c1-11-4-5-14(8-16(11)21)12(2)23-17(27)10-26-20(28)19-15(9-22-26)18(13-6-7-13)24-25(19)3/h4-5,8-9,12-13H,6-7,10H2,1-3H3,(H,23,27). The van der Waals surface area contributed by atoms with Crippen LogP contribution in [0.15, 0.2) is 29.2 Å². The van der Waals surface area contributed by atoms with Crippen molar-refractivity contribution in [1.82, 2.24) is 24.9 Å². The van der Waals surface area contributed by atoms with Crippen LogP contribution in [0.1, 0.15) is 48.5 Å². The van der Waals surface area contributed by atoms with Gasteiger partial charge in [0.15, 0.2) is 0 Å². The first-order valence-electron chi connectivity index (χ1n) is 9.33. The minimum absolute atomic E-state index is 0.211. The van der Waals surface area contributed by atoms with E-state index >= 15 is 0 Å². The minimum atomic E-state index is -0.389. The van der Waals surface area contributed by atoms with Crippen molar-refractivity contribution in [3.63, 3.8) is 0 Å². The van der Waals surface area contributed by atoms with Crippen molar-refractivity contribution in [2.45, 2.75) is 45.2 Å². The van der Waals surface area contributed by atoms with Crippen LogP contribution in [0.25, 0.3) is 10.9 Å². The summed E-state index contributed by atoms with van der Waals surface area (Å²) in [4.78, 5) is 25.2. The molecule has 7 nitrogen and oxygen atoms in total. The Morgan fingerprint density at radius 2 is 2.14 bits per heavy atom. The third-order valence-electron chi connectivity index (χ3n) is 5.21. The molecule has 1 atom stereocenters. The van der Waals surface area contributed by atoms with Crippen LogP contribution in [0.4, 0.5) is 4.39 Å². The van der Waals surface area contributed by atoms with Gasteiger partial charge < -0.3 is 5.32 Å². The first-order valence-corrected chi connectivity index (χ1v) is 9.33. The molecule has 28 heavy (non-hydrogen) atoms. The van der Waals surface area contributed by atoms with E-state index in [9.17, 15) is 14.0 Å². The lowest BCUT2D eigenvalue weighted by atomic mass is 10.1. The van der Waals surface area contributed by atoms with Crippen molar-refractivity contribution in [2.75, 3.05) is 0 Å². The minimum Gasteiger partial charge on any atom is -0.348 e. The second-order valence-electron chi connectivity index (χ2n) is 7.45. The van der Waals surface area contributed by atoms with Crippen molar-refractivity contribution in [1.29, 1.82) is 0 Å². The van der Waals surface area contributed by atoms with E-state index in [2.05, 4.69) is 15.5 Å². The summed E-state index contributed by atoms with van der Waals surface area (Å²) < 4.78 is 16.5. The summed E-state index contributed by atoms with van der Waals surface area (Å²) in [5, 5.41) is 12.2. The van der Waals surface area contributed by atoms with E-state index < -0.39 is 0 Å². The highest BCUT2D eigenvalue weighted by Crippen LogP contribution is 2.41. The van der Waals surface area contributed by atoms with Crippen LogP contribution in [-0.2, 0) is 18.4 Å². The SMILES string of the molecule is Cc1ccc(C(C)NC(=O)Cn2ncc3c(C4CC4)nn(C)c3c2=O)cc1F. The zero-order valence-corrected chi connectivity index (χ0v) is 16.1. The molecule has 8 heteroatoms. The molecule has 1 amide bonds. The first-order chi connectivity index (χ1) is 13.3. The maximum absolute atomic E-state index is 13.7. The van der Waals surface area contributed by atoms with Gasteiger partial charge in [0.05, 0.1) is 17.9 Å². The molecule has 1 aromatic carbocycles. The molecule has 1 aliphatic rings. The molecule has 1 saturated carbocycles. The number of amides is 1. The average Bonchev–Trinajstić information content (AvgIpc) is 3.43. The molecule has 146 valence electrons. The summed E-state index contributed by atoms with van der Waals surface area (Å²) in [7, 11) is 1.73. The van der Waals surface area contributed by atoms with Gasteiger partial charge in [-0.25, -0.2) is 9.07 Å². The van der Waals surface area contributed by atoms with Gasteiger partial charge in [-0.2, -0.15) is 10.2 Å². The van der Waals surface area contributed by atoms with Crippen LogP contribution in [-0.4, -0.2) is 25.5 Å². The van der Waals surface area contributed by atoms with Gasteiger partial charge in [-0.05, 0) is 43.9 Å². The zero-order chi connectivity index (χ0) is 20.0. The van der Waals surface area contributed by atoms with Crippen LogP contribution in [0.3, 0.4) is 0 Å². The molecule has 2 heterocycles. The van der Waals surface area contributed by atoms with Gasteiger partial charge >= 0.3 is 0 Å². The van der Waals surface area contributed by atoms with Gasteiger partial charge in [-0.3, -0.25) is 14.3 Å². The molecule has 3 aromatic rings. The molecule has 1 N–H and O–H groups in total. The van der Waals surface area contributed by atoms with Crippen LogP contribution >= 0.6 is 0 Å². The Labute approximate surface area is 161 Å². The van der Waals surface area contributed by atoms with Gasteiger partial charge in [0.2, 0.25) is 5.91 Å². The van der Waals surface area contributed by atoms with E-state index in [1.807, 2.05) is 0 Å². The highest BCUT2D eigenvalue weighted by atomic mass is 19.1. The second-order valence-corrected chi connectivity index (χ2v) is 7.45. The normalized spacial score (nSPS) is 15.0. The first kappa shape index (κ1) is 18.3. The molecule has 1 unspecified atom stereocenters. The maximum Gasteiger partial charge on any atom is 0.293 e. The Balaban J connectivity index is 1.53. The largest absolute Gasteiger partial charge is 0.348 e. The third kappa shape index (κ3) is 3.30. The Bertz CT molecular complexity index is 1130. The third-order valence-corrected chi connectivity index (χ3v) is 5.21. The number of aryl methyl sites for hydroxylation is 2. The Kier molecular flexibility index (Phi) is 4.49. The van der Waals surface area contributed by atoms with E-state index in [4.69, 9.17) is 0 Å². The lowest BCUT2D eigenvalue weighted by molar-refractivity contribution is -0.122. The van der Waals surface area contributed by atoms with Crippen molar-refractivity contribution >= 4 is 16.8 Å². The van der Waals surface area contributed by atoms with E-state index in [0.717, 1.165) is 28.6 Å². The van der Waals surface area contributed by atoms with Gasteiger partial charge in [-0.15, -0.1) is 0 Å². The summed E-state index contributed by atoms with van der Waals surface area (Å²) in [5.41, 5.74) is 2.23. The number of carbonyl (C=O) groups excluding carboxylic acids is 1. The van der Waals surface area contributed by atoms with E-state index in [1.165, 1.54) is 6.07 Å². The number of hydrogen-bond donors (Lipinski definition) is 1. The number of hydrogen-bond acceptors (Lipinski definition) is 4. The van der Waals surface area contributed by atoms with Crippen LogP contribution < -0.4 is 10.9 Å². The predicted octanol–water partition coefficient (Wildman–Crippen LogP) is 2.33. The molecular weight excluding hydrogens is 361 g/mol. The molecule has 2 aromatic heterocycles. The van der Waals surface area contributed by atoms with E-state index in [1.54, 1.807) is 43.9 Å². The van der Waals surface area contributed by atoms with Gasteiger partial charge in [-0.1, -0.05) is 12.1 Å². The summed E-state index contributed by atoms with van der Waals surface area (Å²) in [6.45, 7) is 3.24. The molecular formula is C20H22FN5O2. The summed E-state index contributed by atoms with van der Waals surface area (Å²) >= 11 is 0. The summed E-state index contributed by atoms with van der Waals surface area (Å²) in [5.74, 6) is -0.281. The van der Waals surface area contributed by atoms with E-state index in [-0.39, 0.29) is 29.9 Å². The lowest BCUT2D eigenvalue weighted by Gasteiger charge is -2.15. The molecule has 1 fully saturated rings. The van der Waals surface area contributed by atoms with Crippen molar-refractivity contribution in [2.24, 2.45) is 7.05 Å². The molecule has 0 radical (unpaired) electrons. The Hall–Kier alpha value is -3.03. The van der Waals surface area contributed by atoms with Gasteiger partial charge in [0.25, 0.3) is 5.56 Å². The zero-order valence-electron chi connectivity index (χ0n) is 16.1. The smallest absolute Gasteiger partial charge is 0.293 e. The molecule has 0 aliphatic heterocycles. The highest BCUT2D eigenvalue weighted by Gasteiger charge is 2.30. The number of aromatic nitrogens is 4. The molecule has 0 spiro atoms. The van der Waals surface area contributed by atoms with Gasteiger partial charge in [0, 0.05) is 18.4 Å². The number of benzene rings is 1. The molecule has 0 bridgehead atoms. The number of nitrogens with zero attached hydrogens (tertiary/aromatic N) is 4. The monoisotopic (exact) mass is 383 g/mol. The Morgan fingerprint density at radius 3 is 2.82 bits per heavy atom. The van der Waals surface area contributed by atoms with Crippen molar-refractivity contribution in [3.05, 3.63) is 57.4 Å². The van der Waals surface area contributed by atoms with Crippen LogP contribution in [0.5, 0.6) is 0 Å². The molecule has 4 rings (SSSR count). The summed E-state index contributed by atoms with van der Waals surface area (Å²) in [6.07, 6.45) is 3.77. The Morgan fingerprint density at radius 1 is 1.39 bits per heavy atom. The number of fused-ring (bicyclic) bond motifs is 1. The molecule has 0 saturated heterocycles. The molecule has 1 aliphatic carbocycles. The lowest BCUT2D eigenvalue weighted by Crippen LogP contribution is -2.35. The fourth-order valence-corrected chi connectivity index (χ4v) is 3.40. The van der Waals surface area contributed by atoms with E-state index in [0.29, 0.717) is 22.6 Å². The number of nitrogens with one attached hydrogen (secondary N) is 1.